The summed E-state index contributed by atoms with van der Waals surface area (Å²) in [6.45, 7) is 1.96. The summed E-state index contributed by atoms with van der Waals surface area (Å²) in [5, 5.41) is 0. The number of ketones is 1. The SMILES string of the molecule is Cc1cc(C(=O)c2ccccc2)cnc1N(C)C. The molecule has 92 valence electrons. The molecule has 3 heteroatoms. The van der Waals surface area contributed by atoms with E-state index in [-0.39, 0.29) is 5.78 Å². The lowest BCUT2D eigenvalue weighted by Crippen LogP contribution is -2.13. The summed E-state index contributed by atoms with van der Waals surface area (Å²) in [6.07, 6.45) is 1.64. The van der Waals surface area contributed by atoms with Gasteiger partial charge in [-0.2, -0.15) is 0 Å². The molecule has 1 heterocycles. The zero-order valence-electron chi connectivity index (χ0n) is 10.8. The number of pyridine rings is 1. The van der Waals surface area contributed by atoms with Gasteiger partial charge in [0.2, 0.25) is 0 Å². The van der Waals surface area contributed by atoms with E-state index in [1.165, 1.54) is 0 Å². The van der Waals surface area contributed by atoms with Crippen LogP contribution in [-0.2, 0) is 0 Å². The predicted octanol–water partition coefficient (Wildman–Crippen LogP) is 2.69. The van der Waals surface area contributed by atoms with Crippen molar-refractivity contribution in [2.24, 2.45) is 0 Å². The average Bonchev–Trinajstić information content (AvgIpc) is 2.38. The fraction of sp³-hybridized carbons (Fsp3) is 0.200. The highest BCUT2D eigenvalue weighted by atomic mass is 16.1. The van der Waals surface area contributed by atoms with Crippen molar-refractivity contribution >= 4 is 11.6 Å². The molecule has 0 aliphatic carbocycles. The van der Waals surface area contributed by atoms with E-state index in [1.807, 2.05) is 62.3 Å². The van der Waals surface area contributed by atoms with E-state index in [0.29, 0.717) is 11.1 Å². The summed E-state index contributed by atoms with van der Waals surface area (Å²) in [7, 11) is 3.88. The maximum atomic E-state index is 12.2. The van der Waals surface area contributed by atoms with Crippen molar-refractivity contribution in [3.8, 4) is 0 Å². The van der Waals surface area contributed by atoms with Crippen LogP contribution in [0.4, 0.5) is 5.82 Å². The molecule has 0 fully saturated rings. The molecule has 3 nitrogen and oxygen atoms in total. The van der Waals surface area contributed by atoms with Gasteiger partial charge in [0.1, 0.15) is 5.82 Å². The van der Waals surface area contributed by atoms with Crippen LogP contribution in [0.3, 0.4) is 0 Å². The summed E-state index contributed by atoms with van der Waals surface area (Å²) in [5.74, 6) is 0.899. The van der Waals surface area contributed by atoms with Gasteiger partial charge < -0.3 is 4.90 Å². The third-order valence-electron chi connectivity index (χ3n) is 2.77. The third kappa shape index (κ3) is 2.40. The number of anilines is 1. The van der Waals surface area contributed by atoms with E-state index in [2.05, 4.69) is 4.98 Å². The standard InChI is InChI=1S/C15H16N2O/c1-11-9-13(10-16-15(11)17(2)3)14(18)12-7-5-4-6-8-12/h4-10H,1-3H3. The molecule has 0 atom stereocenters. The highest BCUT2D eigenvalue weighted by molar-refractivity contribution is 6.09. The number of benzene rings is 1. The van der Waals surface area contributed by atoms with Crippen LogP contribution in [0.5, 0.6) is 0 Å². The number of aromatic nitrogens is 1. The molecule has 0 N–H and O–H groups in total. The van der Waals surface area contributed by atoms with E-state index in [0.717, 1.165) is 11.4 Å². The molecule has 18 heavy (non-hydrogen) atoms. The van der Waals surface area contributed by atoms with Gasteiger partial charge in [0, 0.05) is 31.4 Å². The van der Waals surface area contributed by atoms with Crippen molar-refractivity contribution in [2.75, 3.05) is 19.0 Å². The molecule has 0 saturated heterocycles. The number of aryl methyl sites for hydroxylation is 1. The second kappa shape index (κ2) is 5.00. The minimum absolute atomic E-state index is 0.0107. The van der Waals surface area contributed by atoms with E-state index >= 15 is 0 Å². The van der Waals surface area contributed by atoms with Crippen molar-refractivity contribution in [1.29, 1.82) is 0 Å². The lowest BCUT2D eigenvalue weighted by molar-refractivity contribution is 0.103. The summed E-state index contributed by atoms with van der Waals surface area (Å²) in [5.41, 5.74) is 2.32. The molecule has 0 bridgehead atoms. The first-order valence-electron chi connectivity index (χ1n) is 5.83. The third-order valence-corrected chi connectivity index (χ3v) is 2.77. The van der Waals surface area contributed by atoms with E-state index < -0.39 is 0 Å². The first-order chi connectivity index (χ1) is 8.59. The van der Waals surface area contributed by atoms with Gasteiger partial charge in [-0.3, -0.25) is 4.79 Å². The number of hydrogen-bond donors (Lipinski definition) is 0. The van der Waals surface area contributed by atoms with Crippen LogP contribution in [0.1, 0.15) is 21.5 Å². The second-order valence-electron chi connectivity index (χ2n) is 4.45. The Bertz CT molecular complexity index is 562. The summed E-state index contributed by atoms with van der Waals surface area (Å²) >= 11 is 0. The van der Waals surface area contributed by atoms with Crippen LogP contribution in [-0.4, -0.2) is 24.9 Å². The Morgan fingerprint density at radius 2 is 1.78 bits per heavy atom. The minimum Gasteiger partial charge on any atom is -0.363 e. The van der Waals surface area contributed by atoms with Gasteiger partial charge in [0.05, 0.1) is 0 Å². The summed E-state index contributed by atoms with van der Waals surface area (Å²) in [4.78, 5) is 18.5. The molecule has 2 rings (SSSR count). The van der Waals surface area contributed by atoms with Gasteiger partial charge in [0.15, 0.2) is 5.78 Å². The number of carbonyl (C=O) groups excluding carboxylic acids is 1. The van der Waals surface area contributed by atoms with Crippen LogP contribution in [0, 0.1) is 6.92 Å². The molecule has 2 aromatic rings. The second-order valence-corrected chi connectivity index (χ2v) is 4.45. The number of rotatable bonds is 3. The van der Waals surface area contributed by atoms with Gasteiger partial charge in [-0.25, -0.2) is 4.98 Å². The van der Waals surface area contributed by atoms with Crippen LogP contribution in [0.2, 0.25) is 0 Å². The van der Waals surface area contributed by atoms with Crippen molar-refractivity contribution in [2.45, 2.75) is 6.92 Å². The fourth-order valence-corrected chi connectivity index (χ4v) is 1.92. The highest BCUT2D eigenvalue weighted by Gasteiger charge is 2.11. The Hall–Kier alpha value is -2.16. The van der Waals surface area contributed by atoms with Gasteiger partial charge in [0.25, 0.3) is 0 Å². The number of nitrogens with zero attached hydrogens (tertiary/aromatic N) is 2. The largest absolute Gasteiger partial charge is 0.363 e. The predicted molar refractivity (Wildman–Crippen MR) is 73.2 cm³/mol. The van der Waals surface area contributed by atoms with Crippen molar-refractivity contribution < 1.29 is 4.79 Å². The summed E-state index contributed by atoms with van der Waals surface area (Å²) in [6, 6.07) is 11.1. The van der Waals surface area contributed by atoms with Crippen molar-refractivity contribution in [3.05, 3.63) is 59.3 Å². The monoisotopic (exact) mass is 240 g/mol. The molecule has 1 aromatic carbocycles. The van der Waals surface area contributed by atoms with Crippen LogP contribution < -0.4 is 4.90 Å². The highest BCUT2D eigenvalue weighted by Crippen LogP contribution is 2.17. The average molecular weight is 240 g/mol. The molecular formula is C15H16N2O. The Balaban J connectivity index is 2.36. The normalized spacial score (nSPS) is 10.2. The maximum absolute atomic E-state index is 12.2. The maximum Gasteiger partial charge on any atom is 0.194 e. The van der Waals surface area contributed by atoms with E-state index in [1.54, 1.807) is 6.20 Å². The molecule has 0 unspecified atom stereocenters. The summed E-state index contributed by atoms with van der Waals surface area (Å²) < 4.78 is 0. The smallest absolute Gasteiger partial charge is 0.194 e. The van der Waals surface area contributed by atoms with Crippen molar-refractivity contribution in [3.63, 3.8) is 0 Å². The van der Waals surface area contributed by atoms with Crippen molar-refractivity contribution in [1.82, 2.24) is 4.98 Å². The first kappa shape index (κ1) is 12.3. The molecule has 0 radical (unpaired) electrons. The topological polar surface area (TPSA) is 33.2 Å². The molecule has 0 amide bonds. The van der Waals surface area contributed by atoms with Gasteiger partial charge in [-0.05, 0) is 18.6 Å². The Morgan fingerprint density at radius 3 is 2.33 bits per heavy atom. The van der Waals surface area contributed by atoms with Crippen LogP contribution in [0.25, 0.3) is 0 Å². The molecule has 1 aromatic heterocycles. The Morgan fingerprint density at radius 1 is 1.11 bits per heavy atom. The van der Waals surface area contributed by atoms with E-state index in [4.69, 9.17) is 0 Å². The molecule has 0 spiro atoms. The molecular weight excluding hydrogens is 224 g/mol. The number of carbonyl (C=O) groups is 1. The molecule has 0 aliphatic rings. The zero-order valence-corrected chi connectivity index (χ0v) is 10.8. The lowest BCUT2D eigenvalue weighted by atomic mass is 10.0. The Labute approximate surface area is 107 Å². The lowest BCUT2D eigenvalue weighted by Gasteiger charge is -2.14. The fourth-order valence-electron chi connectivity index (χ4n) is 1.92. The zero-order chi connectivity index (χ0) is 13.1. The quantitative estimate of drug-likeness (QED) is 0.773. The van der Waals surface area contributed by atoms with Crippen LogP contribution >= 0.6 is 0 Å². The van der Waals surface area contributed by atoms with Crippen LogP contribution in [0.15, 0.2) is 42.6 Å². The number of hydrogen-bond acceptors (Lipinski definition) is 3. The van der Waals surface area contributed by atoms with Gasteiger partial charge in [-0.1, -0.05) is 30.3 Å². The molecule has 0 saturated carbocycles. The molecule has 0 aliphatic heterocycles. The minimum atomic E-state index is 0.0107. The van der Waals surface area contributed by atoms with Gasteiger partial charge in [-0.15, -0.1) is 0 Å². The first-order valence-corrected chi connectivity index (χ1v) is 5.83. The van der Waals surface area contributed by atoms with Gasteiger partial charge >= 0.3 is 0 Å². The van der Waals surface area contributed by atoms with E-state index in [9.17, 15) is 4.79 Å². The Kier molecular flexibility index (Phi) is 3.42.